The molecule has 0 fully saturated rings. The van der Waals surface area contributed by atoms with Crippen LogP contribution in [-0.4, -0.2) is 21.2 Å². The maximum absolute atomic E-state index is 13.3. The van der Waals surface area contributed by atoms with Crippen LogP contribution >= 0.6 is 34.7 Å². The third-order valence-corrected chi connectivity index (χ3v) is 6.58. The molecule has 2 aromatic carbocycles. The van der Waals surface area contributed by atoms with E-state index < -0.39 is 0 Å². The van der Waals surface area contributed by atoms with E-state index in [9.17, 15) is 9.59 Å². The van der Waals surface area contributed by atoms with Gasteiger partial charge in [0, 0.05) is 28.2 Å². The molecule has 1 N–H and O–H groups in total. The van der Waals surface area contributed by atoms with E-state index in [4.69, 9.17) is 11.6 Å². The Morgan fingerprint density at radius 3 is 2.77 bits per heavy atom. The molecule has 4 aromatic rings. The van der Waals surface area contributed by atoms with Crippen molar-refractivity contribution in [1.29, 1.82) is 0 Å². The second-order valence-corrected chi connectivity index (χ2v) is 8.88. The molecule has 4 rings (SSSR count). The van der Waals surface area contributed by atoms with E-state index >= 15 is 0 Å². The molecule has 0 aliphatic heterocycles. The maximum Gasteiger partial charge on any atom is 0.263 e. The molecule has 0 spiro atoms. The smallest absolute Gasteiger partial charge is 0.263 e. The number of thioether (sulfide) groups is 1. The first-order chi connectivity index (χ1) is 15.1. The first-order valence-corrected chi connectivity index (χ1v) is 11.7. The van der Waals surface area contributed by atoms with Crippen LogP contribution in [0.2, 0.25) is 5.02 Å². The van der Waals surface area contributed by atoms with E-state index in [-0.39, 0.29) is 17.2 Å². The van der Waals surface area contributed by atoms with Crippen molar-refractivity contribution in [1.82, 2.24) is 9.55 Å². The summed E-state index contributed by atoms with van der Waals surface area (Å²) in [4.78, 5) is 31.1. The van der Waals surface area contributed by atoms with Crippen molar-refractivity contribution >= 4 is 56.5 Å². The Balaban J connectivity index is 1.63. The second-order valence-electron chi connectivity index (χ2n) is 6.64. The van der Waals surface area contributed by atoms with Crippen LogP contribution in [0, 0.1) is 0 Å². The molecule has 2 heterocycles. The van der Waals surface area contributed by atoms with Crippen LogP contribution in [0.15, 0.2) is 82.6 Å². The number of rotatable bonds is 7. The lowest BCUT2D eigenvalue weighted by Crippen LogP contribution is -2.23. The second kappa shape index (κ2) is 9.51. The first-order valence-electron chi connectivity index (χ1n) is 9.43. The summed E-state index contributed by atoms with van der Waals surface area (Å²) < 4.78 is 1.56. The number of allylic oxidation sites excluding steroid dienone is 1. The van der Waals surface area contributed by atoms with Gasteiger partial charge < -0.3 is 5.32 Å². The predicted molar refractivity (Wildman–Crippen MR) is 130 cm³/mol. The fourth-order valence-electron chi connectivity index (χ4n) is 3.13. The van der Waals surface area contributed by atoms with Gasteiger partial charge in [0.05, 0.1) is 11.1 Å². The summed E-state index contributed by atoms with van der Waals surface area (Å²) >= 11 is 8.61. The van der Waals surface area contributed by atoms with Crippen molar-refractivity contribution in [2.75, 3.05) is 11.1 Å². The number of nitrogens with one attached hydrogen (secondary N) is 1. The normalized spacial score (nSPS) is 10.9. The fourth-order valence-corrected chi connectivity index (χ4v) is 5.12. The van der Waals surface area contributed by atoms with Gasteiger partial charge in [-0.05, 0) is 23.8 Å². The lowest BCUT2D eigenvalue weighted by molar-refractivity contribution is -0.113. The van der Waals surface area contributed by atoms with E-state index in [2.05, 4.69) is 16.9 Å². The number of carbonyl (C=O) groups is 1. The Morgan fingerprint density at radius 1 is 1.23 bits per heavy atom. The van der Waals surface area contributed by atoms with Gasteiger partial charge in [-0.1, -0.05) is 65.8 Å². The van der Waals surface area contributed by atoms with Gasteiger partial charge >= 0.3 is 0 Å². The summed E-state index contributed by atoms with van der Waals surface area (Å²) in [5.41, 5.74) is 2.32. The lowest BCUT2D eigenvalue weighted by atomic mass is 10.1. The zero-order chi connectivity index (χ0) is 21.8. The molecular formula is C23H18ClN3O2S2. The number of carbonyl (C=O) groups excluding carboxylic acids is 1. The number of anilines is 1. The third-order valence-electron chi connectivity index (χ3n) is 4.50. The topological polar surface area (TPSA) is 64.0 Å². The monoisotopic (exact) mass is 467 g/mol. The molecule has 0 atom stereocenters. The minimum atomic E-state index is -0.206. The number of benzene rings is 2. The highest BCUT2D eigenvalue weighted by Crippen LogP contribution is 2.32. The van der Waals surface area contributed by atoms with Crippen molar-refractivity contribution in [3.63, 3.8) is 0 Å². The van der Waals surface area contributed by atoms with Gasteiger partial charge in [0.15, 0.2) is 5.16 Å². The SMILES string of the molecule is C=CCn1c(SCC(=O)Nc2cccc(Cl)c2)nc2scc(-c3ccccc3)c2c1=O. The van der Waals surface area contributed by atoms with E-state index in [1.807, 2.05) is 35.7 Å². The Morgan fingerprint density at radius 2 is 2.03 bits per heavy atom. The van der Waals surface area contributed by atoms with Crippen molar-refractivity contribution < 1.29 is 4.79 Å². The molecule has 0 aliphatic carbocycles. The van der Waals surface area contributed by atoms with Crippen LogP contribution in [-0.2, 0) is 11.3 Å². The zero-order valence-corrected chi connectivity index (χ0v) is 18.8. The number of thiophene rings is 1. The molecule has 0 unspecified atom stereocenters. The predicted octanol–water partition coefficient (Wildman–Crippen LogP) is 5.70. The van der Waals surface area contributed by atoms with Crippen LogP contribution in [0.1, 0.15) is 0 Å². The van der Waals surface area contributed by atoms with Crippen molar-refractivity contribution in [3.05, 3.63) is 88.0 Å². The summed E-state index contributed by atoms with van der Waals surface area (Å²) in [7, 11) is 0. The van der Waals surface area contributed by atoms with Crippen LogP contribution < -0.4 is 10.9 Å². The van der Waals surface area contributed by atoms with Crippen molar-refractivity contribution in [2.45, 2.75) is 11.7 Å². The number of hydrogen-bond acceptors (Lipinski definition) is 5. The van der Waals surface area contributed by atoms with Gasteiger partial charge in [0.25, 0.3) is 5.56 Å². The van der Waals surface area contributed by atoms with E-state index in [1.165, 1.54) is 23.1 Å². The molecule has 0 radical (unpaired) electrons. The molecule has 1 amide bonds. The Labute approximate surface area is 192 Å². The van der Waals surface area contributed by atoms with E-state index in [1.54, 1.807) is 34.9 Å². The van der Waals surface area contributed by atoms with Crippen LogP contribution in [0.3, 0.4) is 0 Å². The fraction of sp³-hybridized carbons (Fsp3) is 0.0870. The molecule has 0 saturated carbocycles. The minimum absolute atomic E-state index is 0.110. The number of hydrogen-bond donors (Lipinski definition) is 1. The average Bonchev–Trinajstić information content (AvgIpc) is 3.19. The van der Waals surface area contributed by atoms with Crippen LogP contribution in [0.5, 0.6) is 0 Å². The molecule has 5 nitrogen and oxygen atoms in total. The average molecular weight is 468 g/mol. The molecule has 0 aliphatic rings. The highest BCUT2D eigenvalue weighted by atomic mass is 35.5. The van der Waals surface area contributed by atoms with E-state index in [0.717, 1.165) is 11.1 Å². The molecule has 156 valence electrons. The third kappa shape index (κ3) is 4.74. The first kappa shape index (κ1) is 21.4. The zero-order valence-electron chi connectivity index (χ0n) is 16.4. The molecule has 8 heteroatoms. The van der Waals surface area contributed by atoms with Crippen LogP contribution in [0.4, 0.5) is 5.69 Å². The highest BCUT2D eigenvalue weighted by Gasteiger charge is 2.17. The number of aromatic nitrogens is 2. The summed E-state index contributed by atoms with van der Waals surface area (Å²) in [6.45, 7) is 4.07. The Bertz CT molecular complexity index is 1320. The van der Waals surface area contributed by atoms with Gasteiger partial charge in [-0.2, -0.15) is 0 Å². The lowest BCUT2D eigenvalue weighted by Gasteiger charge is -2.11. The van der Waals surface area contributed by atoms with Gasteiger partial charge in [-0.3, -0.25) is 14.2 Å². The number of amides is 1. The molecule has 2 aromatic heterocycles. The number of fused-ring (bicyclic) bond motifs is 1. The Hall–Kier alpha value is -2.87. The Kier molecular flexibility index (Phi) is 6.56. The van der Waals surface area contributed by atoms with Crippen molar-refractivity contribution in [2.24, 2.45) is 0 Å². The van der Waals surface area contributed by atoms with Gasteiger partial charge in [0.2, 0.25) is 5.91 Å². The number of nitrogens with zero attached hydrogens (tertiary/aromatic N) is 2. The minimum Gasteiger partial charge on any atom is -0.325 e. The van der Waals surface area contributed by atoms with Gasteiger partial charge in [-0.25, -0.2) is 4.98 Å². The standard InChI is InChI=1S/C23H18ClN3O2S2/c1-2-11-27-22(29)20-18(15-7-4-3-5-8-15)13-30-21(20)26-23(27)31-14-19(28)25-17-10-6-9-16(24)12-17/h2-10,12-13H,1,11,14H2,(H,25,28). The van der Waals surface area contributed by atoms with Gasteiger partial charge in [-0.15, -0.1) is 17.9 Å². The van der Waals surface area contributed by atoms with Crippen molar-refractivity contribution in [3.8, 4) is 11.1 Å². The maximum atomic E-state index is 13.3. The molecular weight excluding hydrogens is 450 g/mol. The van der Waals surface area contributed by atoms with Crippen LogP contribution in [0.25, 0.3) is 21.3 Å². The quantitative estimate of drug-likeness (QED) is 0.215. The molecule has 0 bridgehead atoms. The largest absolute Gasteiger partial charge is 0.325 e. The summed E-state index contributed by atoms with van der Waals surface area (Å²) in [6.07, 6.45) is 1.65. The number of halogens is 1. The van der Waals surface area contributed by atoms with E-state index in [0.29, 0.717) is 32.6 Å². The summed E-state index contributed by atoms with van der Waals surface area (Å²) in [6, 6.07) is 16.7. The summed E-state index contributed by atoms with van der Waals surface area (Å²) in [5, 5.41) is 6.38. The molecule has 31 heavy (non-hydrogen) atoms. The summed E-state index contributed by atoms with van der Waals surface area (Å²) in [5.74, 6) is -0.0960. The molecule has 0 saturated heterocycles. The van der Waals surface area contributed by atoms with Gasteiger partial charge in [0.1, 0.15) is 4.83 Å². The highest BCUT2D eigenvalue weighted by molar-refractivity contribution is 7.99.